The minimum Gasteiger partial charge on any atom is -0.306 e. The van der Waals surface area contributed by atoms with Crippen LogP contribution in [-0.2, 0) is 6.42 Å². The van der Waals surface area contributed by atoms with Crippen molar-refractivity contribution in [1.29, 1.82) is 5.26 Å². The third-order valence-electron chi connectivity index (χ3n) is 3.82. The average Bonchev–Trinajstić information content (AvgIpc) is 3.01. The Morgan fingerprint density at radius 2 is 2.15 bits per heavy atom. The zero-order valence-electron chi connectivity index (χ0n) is 15.0. The predicted molar refractivity (Wildman–Crippen MR) is 99.8 cm³/mol. The Balaban J connectivity index is 1.96. The maximum atomic E-state index is 12.6. The lowest BCUT2D eigenvalue weighted by molar-refractivity contribution is 0.102. The van der Waals surface area contributed by atoms with E-state index in [9.17, 15) is 9.59 Å². The normalized spacial score (nSPS) is 10.4. The molecule has 27 heavy (non-hydrogen) atoms. The maximum Gasteiger partial charge on any atom is 0.256 e. The van der Waals surface area contributed by atoms with E-state index in [0.717, 1.165) is 6.42 Å². The molecule has 2 aromatic heterocycles. The van der Waals surface area contributed by atoms with Crippen molar-refractivity contribution < 1.29 is 4.79 Å². The van der Waals surface area contributed by atoms with Gasteiger partial charge in [0, 0.05) is 23.4 Å². The molecule has 2 heterocycles. The number of hydrogen-bond acceptors (Lipinski definition) is 5. The number of H-pyrrole nitrogens is 1. The molecule has 0 saturated carbocycles. The number of rotatable bonds is 5. The SMILES string of the molecule is CCCc1cc(=O)[nH]c(-n2nc(C)cc2NC(=O)c2cccc(C#N)c2)n1. The number of anilines is 1. The van der Waals surface area contributed by atoms with Gasteiger partial charge in [-0.05, 0) is 31.5 Å². The molecule has 3 rings (SSSR count). The number of hydrogen-bond donors (Lipinski definition) is 2. The van der Waals surface area contributed by atoms with Crippen molar-refractivity contribution in [2.24, 2.45) is 0 Å². The summed E-state index contributed by atoms with van der Waals surface area (Å²) in [5.41, 5.74) is 1.77. The van der Waals surface area contributed by atoms with E-state index in [4.69, 9.17) is 5.26 Å². The van der Waals surface area contributed by atoms with Gasteiger partial charge in [-0.2, -0.15) is 15.0 Å². The van der Waals surface area contributed by atoms with Crippen LogP contribution in [0.4, 0.5) is 5.82 Å². The highest BCUT2D eigenvalue weighted by atomic mass is 16.1. The van der Waals surface area contributed by atoms with Gasteiger partial charge in [0.05, 0.1) is 17.3 Å². The van der Waals surface area contributed by atoms with Crippen molar-refractivity contribution in [2.75, 3.05) is 5.32 Å². The average molecular weight is 362 g/mol. The van der Waals surface area contributed by atoms with E-state index in [-0.39, 0.29) is 17.4 Å². The number of aromatic amines is 1. The van der Waals surface area contributed by atoms with Gasteiger partial charge in [0.15, 0.2) is 0 Å². The van der Waals surface area contributed by atoms with Crippen LogP contribution in [0.15, 0.2) is 41.2 Å². The van der Waals surface area contributed by atoms with Crippen LogP contribution >= 0.6 is 0 Å². The summed E-state index contributed by atoms with van der Waals surface area (Å²) in [6, 6.07) is 11.5. The first kappa shape index (κ1) is 18.1. The second-order valence-corrected chi connectivity index (χ2v) is 6.04. The summed E-state index contributed by atoms with van der Waals surface area (Å²) in [6.07, 6.45) is 1.52. The van der Waals surface area contributed by atoms with Gasteiger partial charge in [-0.15, -0.1) is 0 Å². The molecule has 0 saturated heterocycles. The molecule has 0 aliphatic carbocycles. The summed E-state index contributed by atoms with van der Waals surface area (Å²) in [4.78, 5) is 31.6. The molecule has 136 valence electrons. The van der Waals surface area contributed by atoms with E-state index in [1.54, 1.807) is 31.2 Å². The van der Waals surface area contributed by atoms with Crippen LogP contribution in [0.25, 0.3) is 5.95 Å². The van der Waals surface area contributed by atoms with Crippen molar-refractivity contribution >= 4 is 11.7 Å². The first-order chi connectivity index (χ1) is 13.0. The molecule has 8 nitrogen and oxygen atoms in total. The standard InChI is InChI=1S/C19H18N6O2/c1-3-5-15-10-17(26)23-19(21-15)25-16(8-12(2)24-25)22-18(27)14-7-4-6-13(9-14)11-20/h4,6-10H,3,5H2,1-2H3,(H,22,27)(H,21,23,26). The summed E-state index contributed by atoms with van der Waals surface area (Å²) in [5.74, 6) is 0.220. The van der Waals surface area contributed by atoms with Crippen LogP contribution < -0.4 is 10.9 Å². The number of benzene rings is 1. The quantitative estimate of drug-likeness (QED) is 0.722. The fraction of sp³-hybridized carbons (Fsp3) is 0.211. The molecule has 0 aliphatic rings. The number of aryl methyl sites for hydroxylation is 2. The molecule has 0 spiro atoms. The molecule has 0 atom stereocenters. The van der Waals surface area contributed by atoms with Gasteiger partial charge in [0.2, 0.25) is 5.95 Å². The first-order valence-corrected chi connectivity index (χ1v) is 8.49. The number of aromatic nitrogens is 4. The lowest BCUT2D eigenvalue weighted by Gasteiger charge is -2.09. The maximum absolute atomic E-state index is 12.6. The summed E-state index contributed by atoms with van der Waals surface area (Å²) in [6.45, 7) is 3.78. The summed E-state index contributed by atoms with van der Waals surface area (Å²) >= 11 is 0. The molecule has 3 aromatic rings. The molecule has 0 unspecified atom stereocenters. The number of nitrogens with one attached hydrogen (secondary N) is 2. The first-order valence-electron chi connectivity index (χ1n) is 8.49. The third-order valence-corrected chi connectivity index (χ3v) is 3.82. The van der Waals surface area contributed by atoms with Gasteiger partial charge in [-0.25, -0.2) is 4.98 Å². The largest absolute Gasteiger partial charge is 0.306 e. The van der Waals surface area contributed by atoms with Crippen LogP contribution in [-0.4, -0.2) is 25.7 Å². The number of amides is 1. The van der Waals surface area contributed by atoms with E-state index in [1.807, 2.05) is 13.0 Å². The monoisotopic (exact) mass is 362 g/mol. The van der Waals surface area contributed by atoms with Crippen molar-refractivity contribution in [1.82, 2.24) is 19.7 Å². The predicted octanol–water partition coefficient (Wildman–Crippen LogP) is 2.34. The fourth-order valence-corrected chi connectivity index (χ4v) is 2.65. The van der Waals surface area contributed by atoms with E-state index in [0.29, 0.717) is 34.8 Å². The molecular weight excluding hydrogens is 344 g/mol. The molecule has 0 aliphatic heterocycles. The van der Waals surface area contributed by atoms with Gasteiger partial charge in [0.1, 0.15) is 5.82 Å². The van der Waals surface area contributed by atoms with Crippen molar-refractivity contribution in [3.8, 4) is 12.0 Å². The van der Waals surface area contributed by atoms with Gasteiger partial charge in [-0.1, -0.05) is 19.4 Å². The molecule has 2 N–H and O–H groups in total. The molecule has 0 fully saturated rings. The highest BCUT2D eigenvalue weighted by molar-refractivity contribution is 6.04. The number of carbonyl (C=O) groups excluding carboxylic acids is 1. The van der Waals surface area contributed by atoms with Crippen LogP contribution in [0.1, 0.15) is 40.7 Å². The zero-order valence-corrected chi connectivity index (χ0v) is 15.0. The number of nitrogens with zero attached hydrogens (tertiary/aromatic N) is 4. The van der Waals surface area contributed by atoms with Crippen LogP contribution in [0, 0.1) is 18.3 Å². The third kappa shape index (κ3) is 4.10. The van der Waals surface area contributed by atoms with Crippen LogP contribution in [0.5, 0.6) is 0 Å². The van der Waals surface area contributed by atoms with Gasteiger partial charge >= 0.3 is 0 Å². The lowest BCUT2D eigenvalue weighted by atomic mass is 10.1. The van der Waals surface area contributed by atoms with Gasteiger partial charge in [0.25, 0.3) is 11.5 Å². The molecular formula is C19H18N6O2. The number of nitriles is 1. The van der Waals surface area contributed by atoms with E-state index < -0.39 is 0 Å². The zero-order chi connectivity index (χ0) is 19.4. The second kappa shape index (κ2) is 7.66. The lowest BCUT2D eigenvalue weighted by Crippen LogP contribution is -2.19. The highest BCUT2D eigenvalue weighted by Crippen LogP contribution is 2.16. The Hall–Kier alpha value is -3.73. The van der Waals surface area contributed by atoms with Crippen molar-refractivity contribution in [3.63, 3.8) is 0 Å². The molecule has 0 radical (unpaired) electrons. The minimum absolute atomic E-state index is 0.236. The van der Waals surface area contributed by atoms with E-state index in [1.165, 1.54) is 16.8 Å². The Morgan fingerprint density at radius 3 is 2.89 bits per heavy atom. The molecule has 1 amide bonds. The Bertz CT molecular complexity index is 1090. The Kier molecular flexibility index (Phi) is 5.13. The summed E-state index contributed by atoms with van der Waals surface area (Å²) in [5, 5.41) is 16.1. The smallest absolute Gasteiger partial charge is 0.256 e. The topological polar surface area (TPSA) is 116 Å². The van der Waals surface area contributed by atoms with E-state index in [2.05, 4.69) is 20.4 Å². The Labute approximate surface area is 155 Å². The van der Waals surface area contributed by atoms with Crippen molar-refractivity contribution in [3.05, 3.63) is 69.3 Å². The number of carbonyl (C=O) groups is 1. The summed E-state index contributed by atoms with van der Waals surface area (Å²) in [7, 11) is 0. The minimum atomic E-state index is -0.389. The molecule has 0 bridgehead atoms. The highest BCUT2D eigenvalue weighted by Gasteiger charge is 2.15. The van der Waals surface area contributed by atoms with Gasteiger partial charge in [-0.3, -0.25) is 14.6 Å². The van der Waals surface area contributed by atoms with Crippen LogP contribution in [0.2, 0.25) is 0 Å². The second-order valence-electron chi connectivity index (χ2n) is 6.04. The molecule has 8 heteroatoms. The van der Waals surface area contributed by atoms with Gasteiger partial charge < -0.3 is 5.32 Å². The van der Waals surface area contributed by atoms with E-state index >= 15 is 0 Å². The van der Waals surface area contributed by atoms with Crippen molar-refractivity contribution in [2.45, 2.75) is 26.7 Å². The fourth-order valence-electron chi connectivity index (χ4n) is 2.65. The Morgan fingerprint density at radius 1 is 1.33 bits per heavy atom. The summed E-state index contributed by atoms with van der Waals surface area (Å²) < 4.78 is 1.39. The molecule has 1 aromatic carbocycles. The van der Waals surface area contributed by atoms with Crippen LogP contribution in [0.3, 0.4) is 0 Å².